The molecule has 0 spiro atoms. The zero-order chi connectivity index (χ0) is 13.0. The van der Waals surface area contributed by atoms with Crippen LogP contribution in [-0.4, -0.2) is 42.5 Å². The van der Waals surface area contributed by atoms with Gasteiger partial charge < -0.3 is 16.0 Å². The molecule has 0 aromatic rings. The average molecular weight is 253 g/mol. The molecule has 1 saturated heterocycles. The molecule has 1 heterocycles. The second kappa shape index (κ2) is 6.53. The number of rotatable bonds is 4. The van der Waals surface area contributed by atoms with Crippen LogP contribution in [0.1, 0.15) is 45.4 Å². The summed E-state index contributed by atoms with van der Waals surface area (Å²) in [5.74, 6) is 0.921. The second-order valence-electron chi connectivity index (χ2n) is 6.02. The SMILES string of the molecule is C[C@@H](N)C(=O)NC1CCN(CC2CCCC2)CC1. The maximum Gasteiger partial charge on any atom is 0.236 e. The number of nitrogens with zero attached hydrogens (tertiary/aromatic N) is 1. The van der Waals surface area contributed by atoms with Crippen LogP contribution in [0.5, 0.6) is 0 Å². The average Bonchev–Trinajstić information content (AvgIpc) is 2.84. The highest BCUT2D eigenvalue weighted by Crippen LogP contribution is 2.26. The number of nitrogens with one attached hydrogen (secondary N) is 1. The molecule has 104 valence electrons. The minimum Gasteiger partial charge on any atom is -0.352 e. The van der Waals surface area contributed by atoms with Crippen molar-refractivity contribution in [3.63, 3.8) is 0 Å². The van der Waals surface area contributed by atoms with Crippen molar-refractivity contribution in [1.29, 1.82) is 0 Å². The number of hydrogen-bond acceptors (Lipinski definition) is 3. The molecule has 1 amide bonds. The maximum absolute atomic E-state index is 11.5. The summed E-state index contributed by atoms with van der Waals surface area (Å²) in [7, 11) is 0. The first kappa shape index (κ1) is 13.8. The fourth-order valence-electron chi connectivity index (χ4n) is 3.15. The summed E-state index contributed by atoms with van der Waals surface area (Å²) in [5.41, 5.74) is 5.57. The monoisotopic (exact) mass is 253 g/mol. The summed E-state index contributed by atoms with van der Waals surface area (Å²) in [6.07, 6.45) is 7.83. The highest BCUT2D eigenvalue weighted by Gasteiger charge is 2.24. The molecule has 1 saturated carbocycles. The summed E-state index contributed by atoms with van der Waals surface area (Å²) < 4.78 is 0. The Morgan fingerprint density at radius 3 is 2.44 bits per heavy atom. The number of carbonyl (C=O) groups is 1. The van der Waals surface area contributed by atoms with E-state index in [1.165, 1.54) is 32.2 Å². The fourth-order valence-corrected chi connectivity index (χ4v) is 3.15. The molecule has 0 aromatic heterocycles. The highest BCUT2D eigenvalue weighted by atomic mass is 16.2. The third kappa shape index (κ3) is 3.95. The zero-order valence-corrected chi connectivity index (χ0v) is 11.5. The first-order valence-electron chi connectivity index (χ1n) is 7.43. The van der Waals surface area contributed by atoms with E-state index in [4.69, 9.17) is 5.73 Å². The van der Waals surface area contributed by atoms with Crippen LogP contribution in [0.15, 0.2) is 0 Å². The molecule has 0 unspecified atom stereocenters. The van der Waals surface area contributed by atoms with E-state index in [0.29, 0.717) is 6.04 Å². The van der Waals surface area contributed by atoms with E-state index in [1.54, 1.807) is 6.92 Å². The predicted molar refractivity (Wildman–Crippen MR) is 73.2 cm³/mol. The van der Waals surface area contributed by atoms with Gasteiger partial charge in [-0.2, -0.15) is 0 Å². The van der Waals surface area contributed by atoms with Gasteiger partial charge in [-0.3, -0.25) is 4.79 Å². The standard InChI is InChI=1S/C14H27N3O/c1-11(15)14(18)16-13-6-8-17(9-7-13)10-12-4-2-3-5-12/h11-13H,2-10,15H2,1H3,(H,16,18)/t11-/m1/s1. The van der Waals surface area contributed by atoms with Crippen molar-refractivity contribution < 1.29 is 4.79 Å². The molecular weight excluding hydrogens is 226 g/mol. The molecule has 2 fully saturated rings. The minimum absolute atomic E-state index is 0.00996. The number of hydrogen-bond donors (Lipinski definition) is 2. The molecule has 1 atom stereocenters. The van der Waals surface area contributed by atoms with Gasteiger partial charge in [0, 0.05) is 25.7 Å². The van der Waals surface area contributed by atoms with Gasteiger partial charge in [-0.05, 0) is 38.5 Å². The topological polar surface area (TPSA) is 58.4 Å². The van der Waals surface area contributed by atoms with Gasteiger partial charge >= 0.3 is 0 Å². The van der Waals surface area contributed by atoms with Crippen LogP contribution in [-0.2, 0) is 4.79 Å². The molecule has 18 heavy (non-hydrogen) atoms. The van der Waals surface area contributed by atoms with Gasteiger partial charge in [0.1, 0.15) is 0 Å². The van der Waals surface area contributed by atoms with E-state index in [2.05, 4.69) is 10.2 Å². The molecule has 0 bridgehead atoms. The molecule has 0 aromatic carbocycles. The zero-order valence-electron chi connectivity index (χ0n) is 11.5. The Hall–Kier alpha value is -0.610. The molecule has 1 aliphatic heterocycles. The minimum atomic E-state index is -0.387. The van der Waals surface area contributed by atoms with Gasteiger partial charge in [0.25, 0.3) is 0 Å². The van der Waals surface area contributed by atoms with Crippen molar-refractivity contribution >= 4 is 5.91 Å². The Morgan fingerprint density at radius 1 is 1.28 bits per heavy atom. The van der Waals surface area contributed by atoms with E-state index < -0.39 is 0 Å². The van der Waals surface area contributed by atoms with Crippen molar-refractivity contribution in [3.05, 3.63) is 0 Å². The highest BCUT2D eigenvalue weighted by molar-refractivity contribution is 5.81. The van der Waals surface area contributed by atoms with Crippen LogP contribution in [0.3, 0.4) is 0 Å². The Bertz CT molecular complexity index is 266. The van der Waals surface area contributed by atoms with Crippen molar-refractivity contribution in [2.45, 2.75) is 57.5 Å². The summed E-state index contributed by atoms with van der Waals surface area (Å²) in [6.45, 7) is 5.26. The third-order valence-electron chi connectivity index (χ3n) is 4.34. The molecule has 1 aliphatic carbocycles. The normalized spacial score (nSPS) is 25.2. The van der Waals surface area contributed by atoms with Crippen molar-refractivity contribution in [2.75, 3.05) is 19.6 Å². The summed E-state index contributed by atoms with van der Waals surface area (Å²) >= 11 is 0. The molecule has 4 heteroatoms. The third-order valence-corrected chi connectivity index (χ3v) is 4.34. The molecule has 2 rings (SSSR count). The lowest BCUT2D eigenvalue weighted by atomic mass is 10.0. The van der Waals surface area contributed by atoms with Crippen molar-refractivity contribution in [2.24, 2.45) is 11.7 Å². The molecule has 4 nitrogen and oxygen atoms in total. The Balaban J connectivity index is 1.66. The Kier molecular flexibility index (Phi) is 5.01. The van der Waals surface area contributed by atoms with E-state index in [1.807, 2.05) is 0 Å². The lowest BCUT2D eigenvalue weighted by molar-refractivity contribution is -0.123. The summed E-state index contributed by atoms with van der Waals surface area (Å²) in [4.78, 5) is 14.1. The number of piperidine rings is 1. The fraction of sp³-hybridized carbons (Fsp3) is 0.929. The van der Waals surface area contributed by atoms with Gasteiger partial charge in [0.15, 0.2) is 0 Å². The van der Waals surface area contributed by atoms with Gasteiger partial charge in [-0.1, -0.05) is 12.8 Å². The smallest absolute Gasteiger partial charge is 0.236 e. The Labute approximate surface area is 110 Å². The van der Waals surface area contributed by atoms with Gasteiger partial charge in [-0.15, -0.1) is 0 Å². The predicted octanol–water partition coefficient (Wildman–Crippen LogP) is 1.10. The lowest BCUT2D eigenvalue weighted by Crippen LogP contribution is -2.49. The first-order chi connectivity index (χ1) is 8.65. The summed E-state index contributed by atoms with van der Waals surface area (Å²) in [6, 6.07) is -0.0511. The van der Waals surface area contributed by atoms with Crippen LogP contribution >= 0.6 is 0 Å². The van der Waals surface area contributed by atoms with Crippen LogP contribution in [0, 0.1) is 5.92 Å². The molecule has 2 aliphatic rings. The number of nitrogens with two attached hydrogens (primary N) is 1. The van der Waals surface area contributed by atoms with Crippen LogP contribution < -0.4 is 11.1 Å². The molecular formula is C14H27N3O. The van der Waals surface area contributed by atoms with E-state index >= 15 is 0 Å². The van der Waals surface area contributed by atoms with Gasteiger partial charge in [0.2, 0.25) is 5.91 Å². The van der Waals surface area contributed by atoms with Crippen molar-refractivity contribution in [3.8, 4) is 0 Å². The van der Waals surface area contributed by atoms with Gasteiger partial charge in [0.05, 0.1) is 6.04 Å². The van der Waals surface area contributed by atoms with E-state index in [-0.39, 0.29) is 11.9 Å². The van der Waals surface area contributed by atoms with Gasteiger partial charge in [-0.25, -0.2) is 0 Å². The molecule has 0 radical (unpaired) electrons. The van der Waals surface area contributed by atoms with Crippen LogP contribution in [0.2, 0.25) is 0 Å². The largest absolute Gasteiger partial charge is 0.352 e. The first-order valence-corrected chi connectivity index (χ1v) is 7.43. The van der Waals surface area contributed by atoms with Crippen LogP contribution in [0.25, 0.3) is 0 Å². The van der Waals surface area contributed by atoms with E-state index in [0.717, 1.165) is 31.8 Å². The number of carbonyl (C=O) groups excluding carboxylic acids is 1. The number of amides is 1. The second-order valence-corrected chi connectivity index (χ2v) is 6.02. The Morgan fingerprint density at radius 2 is 1.89 bits per heavy atom. The van der Waals surface area contributed by atoms with Crippen LogP contribution in [0.4, 0.5) is 0 Å². The quantitative estimate of drug-likeness (QED) is 0.789. The van der Waals surface area contributed by atoms with Crippen molar-refractivity contribution in [1.82, 2.24) is 10.2 Å². The van der Waals surface area contributed by atoms with E-state index in [9.17, 15) is 4.79 Å². The molecule has 3 N–H and O–H groups in total. The lowest BCUT2D eigenvalue weighted by Gasteiger charge is -2.34. The number of likely N-dealkylation sites (tertiary alicyclic amines) is 1. The summed E-state index contributed by atoms with van der Waals surface area (Å²) in [5, 5.41) is 3.04. The maximum atomic E-state index is 11.5.